The third kappa shape index (κ3) is 4.11. The van der Waals surface area contributed by atoms with Gasteiger partial charge in [-0.15, -0.1) is 5.10 Å². The predicted octanol–water partition coefficient (Wildman–Crippen LogP) is 3.69. The molecular weight excluding hydrogens is 353 g/mol. The van der Waals surface area contributed by atoms with Crippen LogP contribution in [0.5, 0.6) is 5.75 Å². The molecule has 26 heavy (non-hydrogen) atoms. The summed E-state index contributed by atoms with van der Waals surface area (Å²) in [5, 5.41) is 8.63. The van der Waals surface area contributed by atoms with E-state index in [4.69, 9.17) is 4.74 Å². The Bertz CT molecular complexity index is 852. The fourth-order valence-electron chi connectivity index (χ4n) is 2.49. The fraction of sp³-hybridized carbons (Fsp3) is 0.211. The molecule has 1 heterocycles. The molecule has 1 aliphatic heterocycles. The minimum absolute atomic E-state index is 0.0365. The minimum Gasteiger partial charge on any atom is -0.496 e. The summed E-state index contributed by atoms with van der Waals surface area (Å²) in [5.41, 5.74) is 1.63. The topological polar surface area (TPSA) is 54.3 Å². The van der Waals surface area contributed by atoms with Crippen LogP contribution in [0.15, 0.2) is 58.7 Å². The molecule has 134 valence electrons. The van der Waals surface area contributed by atoms with Gasteiger partial charge in [0.05, 0.1) is 25.1 Å². The molecule has 1 atom stereocenters. The number of amides is 1. The van der Waals surface area contributed by atoms with Crippen LogP contribution >= 0.6 is 11.8 Å². The van der Waals surface area contributed by atoms with Gasteiger partial charge < -0.3 is 4.74 Å². The molecular formula is C19H18FN3O2S. The zero-order valence-corrected chi connectivity index (χ0v) is 15.2. The van der Waals surface area contributed by atoms with Crippen molar-refractivity contribution >= 4 is 29.1 Å². The second-order valence-corrected chi connectivity index (χ2v) is 6.99. The van der Waals surface area contributed by atoms with E-state index in [9.17, 15) is 9.18 Å². The lowest BCUT2D eigenvalue weighted by Gasteiger charge is -2.15. The molecule has 1 saturated heterocycles. The van der Waals surface area contributed by atoms with E-state index in [1.54, 1.807) is 30.4 Å². The second kappa shape index (κ2) is 8.14. The average molecular weight is 371 g/mol. The summed E-state index contributed by atoms with van der Waals surface area (Å²) >= 11 is 1.36. The number of methoxy groups -OCH3 is 1. The van der Waals surface area contributed by atoms with E-state index in [1.165, 1.54) is 23.9 Å². The van der Waals surface area contributed by atoms with Crippen molar-refractivity contribution in [1.29, 1.82) is 0 Å². The highest BCUT2D eigenvalue weighted by molar-refractivity contribution is 8.15. The van der Waals surface area contributed by atoms with Crippen molar-refractivity contribution < 1.29 is 13.9 Å². The van der Waals surface area contributed by atoms with Crippen LogP contribution in [0.2, 0.25) is 0 Å². The Morgan fingerprint density at radius 1 is 1.23 bits per heavy atom. The highest BCUT2D eigenvalue weighted by atomic mass is 32.2. The van der Waals surface area contributed by atoms with Gasteiger partial charge in [-0.3, -0.25) is 9.69 Å². The maximum atomic E-state index is 13.1. The first-order valence-electron chi connectivity index (χ1n) is 8.05. The van der Waals surface area contributed by atoms with Crippen LogP contribution in [-0.2, 0) is 11.3 Å². The van der Waals surface area contributed by atoms with E-state index in [2.05, 4.69) is 10.2 Å². The molecule has 2 aromatic rings. The van der Waals surface area contributed by atoms with Gasteiger partial charge >= 0.3 is 0 Å². The molecule has 0 radical (unpaired) electrons. The average Bonchev–Trinajstić information content (AvgIpc) is 2.91. The Labute approximate surface area is 155 Å². The standard InChI is InChI=1S/C19H18FN3O2S/c1-13-18(24)23(12-14-7-9-16(20)10-8-14)19(26-13)22-21-11-15-5-3-4-6-17(15)25-2/h3-11,13H,12H2,1-2H3/b21-11-,22-19-/t13-/m0/s1. The number of para-hydroxylation sites is 1. The summed E-state index contributed by atoms with van der Waals surface area (Å²) < 4.78 is 18.3. The van der Waals surface area contributed by atoms with E-state index in [-0.39, 0.29) is 17.0 Å². The number of hydrogen-bond acceptors (Lipinski definition) is 5. The zero-order chi connectivity index (χ0) is 18.5. The van der Waals surface area contributed by atoms with Gasteiger partial charge in [-0.2, -0.15) is 5.10 Å². The molecule has 2 aromatic carbocycles. The van der Waals surface area contributed by atoms with Crippen LogP contribution in [0.3, 0.4) is 0 Å². The number of carbonyl (C=O) groups excluding carboxylic acids is 1. The monoisotopic (exact) mass is 371 g/mol. The first-order valence-corrected chi connectivity index (χ1v) is 8.93. The second-order valence-electron chi connectivity index (χ2n) is 5.68. The van der Waals surface area contributed by atoms with Crippen LogP contribution in [-0.4, -0.2) is 34.5 Å². The molecule has 0 saturated carbocycles. The van der Waals surface area contributed by atoms with Crippen LogP contribution < -0.4 is 4.74 Å². The van der Waals surface area contributed by atoms with Crippen LogP contribution in [0.1, 0.15) is 18.1 Å². The normalized spacial score (nSPS) is 18.9. The van der Waals surface area contributed by atoms with E-state index in [1.807, 2.05) is 31.2 Å². The SMILES string of the molecule is COc1ccccc1/C=N\N=C1/S[C@@H](C)C(=O)N1Cc1ccc(F)cc1. The van der Waals surface area contributed by atoms with Gasteiger partial charge in [-0.05, 0) is 36.8 Å². The third-order valence-corrected chi connectivity index (χ3v) is 4.93. The van der Waals surface area contributed by atoms with Crippen LogP contribution in [0.25, 0.3) is 0 Å². The van der Waals surface area contributed by atoms with Gasteiger partial charge in [-0.25, -0.2) is 4.39 Å². The molecule has 0 bridgehead atoms. The van der Waals surface area contributed by atoms with E-state index < -0.39 is 0 Å². The van der Waals surface area contributed by atoms with Crippen LogP contribution in [0, 0.1) is 5.82 Å². The molecule has 5 nitrogen and oxygen atoms in total. The van der Waals surface area contributed by atoms with Crippen molar-refractivity contribution in [3.8, 4) is 5.75 Å². The number of carbonyl (C=O) groups is 1. The molecule has 3 rings (SSSR count). The van der Waals surface area contributed by atoms with E-state index >= 15 is 0 Å². The molecule has 1 amide bonds. The Balaban J connectivity index is 1.79. The summed E-state index contributed by atoms with van der Waals surface area (Å²) in [5.74, 6) is 0.355. The van der Waals surface area contributed by atoms with Gasteiger partial charge in [0.2, 0.25) is 5.91 Å². The summed E-state index contributed by atoms with van der Waals surface area (Å²) in [4.78, 5) is 14.0. The lowest BCUT2D eigenvalue weighted by molar-refractivity contribution is -0.126. The van der Waals surface area contributed by atoms with Crippen LogP contribution in [0.4, 0.5) is 4.39 Å². The zero-order valence-electron chi connectivity index (χ0n) is 14.4. The highest BCUT2D eigenvalue weighted by Crippen LogP contribution is 2.28. The van der Waals surface area contributed by atoms with Crippen molar-refractivity contribution in [1.82, 2.24) is 4.90 Å². The van der Waals surface area contributed by atoms with E-state index in [0.717, 1.165) is 11.1 Å². The van der Waals surface area contributed by atoms with Crippen molar-refractivity contribution in [2.24, 2.45) is 10.2 Å². The van der Waals surface area contributed by atoms with Crippen molar-refractivity contribution in [3.05, 3.63) is 65.5 Å². The van der Waals surface area contributed by atoms with Crippen molar-refractivity contribution in [2.45, 2.75) is 18.7 Å². The molecule has 1 aliphatic rings. The van der Waals surface area contributed by atoms with E-state index in [0.29, 0.717) is 17.5 Å². The van der Waals surface area contributed by atoms with Gasteiger partial charge in [0.1, 0.15) is 11.6 Å². The first kappa shape index (κ1) is 18.1. The number of ether oxygens (including phenoxy) is 1. The molecule has 1 fully saturated rings. The summed E-state index contributed by atoms with van der Waals surface area (Å²) in [6, 6.07) is 13.5. The number of halogens is 1. The number of rotatable bonds is 5. The Kier molecular flexibility index (Phi) is 5.68. The maximum absolute atomic E-state index is 13.1. The Morgan fingerprint density at radius 2 is 1.96 bits per heavy atom. The molecule has 0 aromatic heterocycles. The van der Waals surface area contributed by atoms with Gasteiger partial charge in [-0.1, -0.05) is 36.0 Å². The third-order valence-electron chi connectivity index (χ3n) is 3.86. The quantitative estimate of drug-likeness (QED) is 0.595. The predicted molar refractivity (Wildman–Crippen MR) is 102 cm³/mol. The largest absolute Gasteiger partial charge is 0.496 e. The lowest BCUT2D eigenvalue weighted by atomic mass is 10.2. The summed E-state index contributed by atoms with van der Waals surface area (Å²) in [6.45, 7) is 2.16. The smallest absolute Gasteiger partial charge is 0.242 e. The highest BCUT2D eigenvalue weighted by Gasteiger charge is 2.35. The number of benzene rings is 2. The molecule has 0 N–H and O–H groups in total. The lowest BCUT2D eigenvalue weighted by Crippen LogP contribution is -2.30. The molecule has 7 heteroatoms. The van der Waals surface area contributed by atoms with Crippen molar-refractivity contribution in [3.63, 3.8) is 0 Å². The number of hydrogen-bond donors (Lipinski definition) is 0. The molecule has 0 aliphatic carbocycles. The van der Waals surface area contributed by atoms with Gasteiger partial charge in [0, 0.05) is 5.56 Å². The Hall–Kier alpha value is -2.67. The van der Waals surface area contributed by atoms with Crippen molar-refractivity contribution in [2.75, 3.05) is 7.11 Å². The fourth-order valence-corrected chi connectivity index (χ4v) is 3.42. The minimum atomic E-state index is -0.306. The summed E-state index contributed by atoms with van der Waals surface area (Å²) in [6.07, 6.45) is 1.59. The molecule has 0 unspecified atom stereocenters. The van der Waals surface area contributed by atoms with Gasteiger partial charge in [0.15, 0.2) is 5.17 Å². The number of amidine groups is 1. The maximum Gasteiger partial charge on any atom is 0.242 e. The van der Waals surface area contributed by atoms with Gasteiger partial charge in [0.25, 0.3) is 0 Å². The molecule has 0 spiro atoms. The summed E-state index contributed by atoms with van der Waals surface area (Å²) in [7, 11) is 1.59. The number of nitrogens with zero attached hydrogens (tertiary/aromatic N) is 3. The Morgan fingerprint density at radius 3 is 2.69 bits per heavy atom. The number of thioether (sulfide) groups is 1. The first-order chi connectivity index (χ1) is 12.6.